The lowest BCUT2D eigenvalue weighted by Gasteiger charge is -2.32. The first-order valence-corrected chi connectivity index (χ1v) is 29.7. The van der Waals surface area contributed by atoms with Crippen LogP contribution in [0, 0.1) is 0 Å². The molecule has 0 saturated carbocycles. The molecule has 0 spiro atoms. The number of alkyl halides is 3. The molecule has 0 fully saturated rings. The summed E-state index contributed by atoms with van der Waals surface area (Å²) < 4.78 is 64.6. The van der Waals surface area contributed by atoms with Crippen LogP contribution in [0.3, 0.4) is 0 Å². The fraction of sp³-hybridized carbons (Fsp3) is 0.0513. The third-order valence-electron chi connectivity index (χ3n) is 17.9. The minimum absolute atomic E-state index is 0.00387. The smallest absolute Gasteiger partial charge is 0.307 e. The van der Waals surface area contributed by atoms with Gasteiger partial charge in [-0.25, -0.2) is 0 Å². The van der Waals surface area contributed by atoms with Gasteiger partial charge >= 0.3 is 6.18 Å². The third kappa shape index (κ3) is 8.01. The summed E-state index contributed by atoms with van der Waals surface area (Å²) in [5.41, 5.74) is 13.5. The topological polar surface area (TPSA) is 71.3 Å². The number of rotatable bonds is 9. The molecule has 9 aromatic carbocycles. The molecule has 0 aliphatic rings. The van der Waals surface area contributed by atoms with Gasteiger partial charge in [-0.1, -0.05) is 135 Å². The summed E-state index contributed by atoms with van der Waals surface area (Å²) in [6.07, 6.45) is 9.37. The molecule has 11 heteroatoms. The number of pyridine rings is 4. The average Bonchev–Trinajstić information content (AvgIpc) is 1.68. The Morgan fingerprint density at radius 3 is 0.787 bits per heavy atom. The van der Waals surface area contributed by atoms with E-state index >= 15 is 13.2 Å². The average molecular weight is 1160 g/mol. The van der Waals surface area contributed by atoms with Gasteiger partial charge in [-0.05, 0) is 125 Å². The SMILES string of the molecule is CC(C)c1c(-n2c3ccc(-c4cccnc4)cc3c3cc(-c4cccnc4)ccc32)c(-n2c3ccccc3c3ccccc32)c(C(F)(F)F)c(-n2c3ccccc3c3ccccc32)c1-n1c2ccc(-c3cccnc3)cc2c2cc(-c3cccnc3)ccc21. The van der Waals surface area contributed by atoms with Crippen LogP contribution >= 0.6 is 0 Å². The lowest BCUT2D eigenvalue weighted by molar-refractivity contribution is -0.137. The summed E-state index contributed by atoms with van der Waals surface area (Å²) in [6.45, 7) is 4.26. The largest absolute Gasteiger partial charge is 0.420 e. The molecule has 424 valence electrons. The highest BCUT2D eigenvalue weighted by Crippen LogP contribution is 2.55. The predicted molar refractivity (Wildman–Crippen MR) is 356 cm³/mol. The van der Waals surface area contributed by atoms with Gasteiger partial charge in [-0.3, -0.25) is 19.9 Å². The predicted octanol–water partition coefficient (Wildman–Crippen LogP) is 20.5. The van der Waals surface area contributed by atoms with Crippen molar-refractivity contribution in [2.45, 2.75) is 25.9 Å². The van der Waals surface area contributed by atoms with E-state index in [9.17, 15) is 0 Å². The van der Waals surface area contributed by atoms with Gasteiger partial charge in [-0.15, -0.1) is 0 Å². The molecule has 0 unspecified atom stereocenters. The molecule has 0 N–H and O–H groups in total. The van der Waals surface area contributed by atoms with Gasteiger partial charge in [0.15, 0.2) is 0 Å². The molecular formula is C78H51F3N8. The summed E-state index contributed by atoms with van der Waals surface area (Å²) in [5.74, 6) is -0.449. The Labute approximate surface area is 508 Å². The van der Waals surface area contributed by atoms with Crippen molar-refractivity contribution in [2.75, 3.05) is 0 Å². The summed E-state index contributed by atoms with van der Waals surface area (Å²) in [6, 6.07) is 72.5. The number of fused-ring (bicyclic) bond motifs is 12. The summed E-state index contributed by atoms with van der Waals surface area (Å²) in [7, 11) is 0. The zero-order chi connectivity index (χ0) is 59.6. The molecule has 0 aliphatic carbocycles. The van der Waals surface area contributed by atoms with E-state index in [-0.39, 0.29) is 11.4 Å². The van der Waals surface area contributed by atoms with E-state index in [0.717, 1.165) is 110 Å². The van der Waals surface area contributed by atoms with E-state index in [1.165, 1.54) is 0 Å². The number of aromatic nitrogens is 8. The minimum atomic E-state index is -5.04. The van der Waals surface area contributed by atoms with Crippen molar-refractivity contribution in [3.63, 3.8) is 0 Å². The lowest BCUT2D eigenvalue weighted by Crippen LogP contribution is -2.23. The van der Waals surface area contributed by atoms with Crippen LogP contribution in [0.15, 0.2) is 268 Å². The van der Waals surface area contributed by atoms with Crippen molar-refractivity contribution in [1.82, 2.24) is 38.2 Å². The van der Waals surface area contributed by atoms with Gasteiger partial charge in [0.05, 0.1) is 66.9 Å². The highest BCUT2D eigenvalue weighted by atomic mass is 19.4. The Morgan fingerprint density at radius 2 is 0.539 bits per heavy atom. The molecule has 0 aliphatic heterocycles. The van der Waals surface area contributed by atoms with Gasteiger partial charge in [0.25, 0.3) is 0 Å². The van der Waals surface area contributed by atoms with Crippen LogP contribution < -0.4 is 0 Å². The van der Waals surface area contributed by atoms with E-state index in [4.69, 9.17) is 0 Å². The van der Waals surface area contributed by atoms with Crippen molar-refractivity contribution in [3.8, 4) is 67.3 Å². The van der Waals surface area contributed by atoms with E-state index in [2.05, 4.69) is 116 Å². The summed E-state index contributed by atoms with van der Waals surface area (Å²) >= 11 is 0. The molecule has 89 heavy (non-hydrogen) atoms. The van der Waals surface area contributed by atoms with Crippen LogP contribution in [0.25, 0.3) is 154 Å². The van der Waals surface area contributed by atoms with Crippen LogP contribution in [0.5, 0.6) is 0 Å². The van der Waals surface area contributed by atoms with Crippen LogP contribution in [-0.2, 0) is 6.18 Å². The Morgan fingerprint density at radius 1 is 0.281 bits per heavy atom. The fourth-order valence-electron chi connectivity index (χ4n) is 14.1. The maximum atomic E-state index is 18.8. The standard InChI is InChI=1S/C78H51F3N8/c1-47(2)72-74(86-68-31-27-48(52-15-11-35-82-43-52)39-60(68)61-40-49(28-32-69(61)86)53-16-12-36-83-44-53)76(88-64-23-7-3-19-56(64)57-20-4-8-24-65(57)88)73(78(79,80)81)77(89-66-25-9-5-21-58(66)59-22-6-10-26-67(59)89)75(72)87-70-33-29-50(54-17-13-37-84-45-54)41-62(70)63-42-51(30-34-71(63)87)55-18-14-38-85-46-55/h3-47H,1-2H3. The van der Waals surface area contributed by atoms with Crippen molar-refractivity contribution in [3.05, 3.63) is 279 Å². The number of para-hydroxylation sites is 4. The molecule has 17 aromatic rings. The highest BCUT2D eigenvalue weighted by Gasteiger charge is 2.45. The van der Waals surface area contributed by atoms with Crippen molar-refractivity contribution in [1.29, 1.82) is 0 Å². The number of nitrogens with zero attached hydrogens (tertiary/aromatic N) is 8. The molecule has 0 saturated heterocycles. The van der Waals surface area contributed by atoms with Gasteiger partial charge in [0, 0.05) is 120 Å². The van der Waals surface area contributed by atoms with E-state index in [0.29, 0.717) is 39.0 Å². The van der Waals surface area contributed by atoms with Crippen LogP contribution in [0.4, 0.5) is 13.2 Å². The first-order chi connectivity index (χ1) is 43.7. The maximum Gasteiger partial charge on any atom is 0.420 e. The van der Waals surface area contributed by atoms with Gasteiger partial charge in [0.2, 0.25) is 0 Å². The van der Waals surface area contributed by atoms with E-state index < -0.39 is 17.7 Å². The molecule has 8 heterocycles. The fourth-order valence-corrected chi connectivity index (χ4v) is 14.1. The number of benzene rings is 9. The van der Waals surface area contributed by atoms with Crippen molar-refractivity contribution < 1.29 is 13.2 Å². The second kappa shape index (κ2) is 20.1. The molecule has 8 nitrogen and oxygen atoms in total. The second-order valence-corrected chi connectivity index (χ2v) is 23.1. The first-order valence-electron chi connectivity index (χ1n) is 29.7. The van der Waals surface area contributed by atoms with Crippen LogP contribution in [0.1, 0.15) is 30.9 Å². The Kier molecular flexibility index (Phi) is 11.7. The molecule has 0 bridgehead atoms. The van der Waals surface area contributed by atoms with Gasteiger partial charge < -0.3 is 18.3 Å². The van der Waals surface area contributed by atoms with Crippen molar-refractivity contribution >= 4 is 87.2 Å². The van der Waals surface area contributed by atoms with Gasteiger partial charge in [0.1, 0.15) is 5.56 Å². The third-order valence-corrected chi connectivity index (χ3v) is 17.9. The lowest BCUT2D eigenvalue weighted by atomic mass is 9.91. The maximum absolute atomic E-state index is 18.8. The first kappa shape index (κ1) is 51.9. The normalized spacial score (nSPS) is 12.2. The Balaban J connectivity index is 1.16. The molecule has 0 amide bonds. The Bertz CT molecular complexity index is 5050. The second-order valence-electron chi connectivity index (χ2n) is 23.1. The monoisotopic (exact) mass is 1160 g/mol. The zero-order valence-electron chi connectivity index (χ0n) is 48.2. The van der Waals surface area contributed by atoms with Crippen molar-refractivity contribution in [2.24, 2.45) is 0 Å². The van der Waals surface area contributed by atoms with E-state index in [1.807, 2.05) is 180 Å². The molecule has 8 aromatic heterocycles. The van der Waals surface area contributed by atoms with E-state index in [1.54, 1.807) is 24.8 Å². The van der Waals surface area contributed by atoms with Crippen LogP contribution in [0.2, 0.25) is 0 Å². The zero-order valence-corrected chi connectivity index (χ0v) is 48.2. The molecule has 0 radical (unpaired) electrons. The molecule has 0 atom stereocenters. The molecular weight excluding hydrogens is 1110 g/mol. The van der Waals surface area contributed by atoms with Crippen LogP contribution in [-0.4, -0.2) is 38.2 Å². The number of halogens is 3. The quantitative estimate of drug-likeness (QED) is 0.144. The van der Waals surface area contributed by atoms with Gasteiger partial charge in [-0.2, -0.15) is 13.2 Å². The number of hydrogen-bond acceptors (Lipinski definition) is 4. The minimum Gasteiger partial charge on any atom is -0.307 e. The summed E-state index contributed by atoms with van der Waals surface area (Å²) in [5, 5.41) is 6.76. The summed E-state index contributed by atoms with van der Waals surface area (Å²) in [4.78, 5) is 18.1. The highest BCUT2D eigenvalue weighted by molar-refractivity contribution is 6.17. The molecule has 17 rings (SSSR count). The Hall–Kier alpha value is -11.4. The number of hydrogen-bond donors (Lipinski definition) is 0.